The average Bonchev–Trinajstić information content (AvgIpc) is 2.32. The van der Waals surface area contributed by atoms with Crippen LogP contribution in [0.1, 0.15) is 6.92 Å². The minimum absolute atomic E-state index is 0.187. The number of aromatic nitrogens is 2. The lowest BCUT2D eigenvalue weighted by Gasteiger charge is -2.02. The normalized spacial score (nSPS) is 14.4. The van der Waals surface area contributed by atoms with Crippen molar-refractivity contribution in [1.29, 1.82) is 0 Å². The SMILES string of the molecule is CC(O)Cn1ccc(S(N)(=O)=O)n1. The first kappa shape index (κ1) is 10.2. The van der Waals surface area contributed by atoms with Gasteiger partial charge in [-0.1, -0.05) is 0 Å². The Morgan fingerprint density at radius 1 is 1.77 bits per heavy atom. The highest BCUT2D eigenvalue weighted by Gasteiger charge is 2.11. The van der Waals surface area contributed by atoms with Crippen LogP contribution in [0.25, 0.3) is 0 Å². The number of sulfonamides is 1. The van der Waals surface area contributed by atoms with Gasteiger partial charge in [0.05, 0.1) is 12.6 Å². The number of nitrogens with zero attached hydrogens (tertiary/aromatic N) is 2. The first-order valence-electron chi connectivity index (χ1n) is 3.64. The number of primary sulfonamides is 1. The summed E-state index contributed by atoms with van der Waals surface area (Å²) in [7, 11) is -3.73. The second-order valence-electron chi connectivity index (χ2n) is 2.77. The highest BCUT2D eigenvalue weighted by molar-refractivity contribution is 7.89. The third kappa shape index (κ3) is 2.79. The summed E-state index contributed by atoms with van der Waals surface area (Å²) in [6, 6.07) is 1.29. The summed E-state index contributed by atoms with van der Waals surface area (Å²) in [5.41, 5.74) is 0. The van der Waals surface area contributed by atoms with Crippen molar-refractivity contribution in [3.8, 4) is 0 Å². The number of nitrogens with two attached hydrogens (primary N) is 1. The number of hydrogen-bond acceptors (Lipinski definition) is 4. The predicted molar refractivity (Wildman–Crippen MR) is 45.3 cm³/mol. The summed E-state index contributed by atoms with van der Waals surface area (Å²) >= 11 is 0. The Hall–Kier alpha value is -0.920. The molecule has 0 aliphatic carbocycles. The van der Waals surface area contributed by atoms with E-state index in [1.54, 1.807) is 6.92 Å². The minimum Gasteiger partial charge on any atom is -0.391 e. The van der Waals surface area contributed by atoms with E-state index in [1.807, 2.05) is 0 Å². The van der Waals surface area contributed by atoms with Gasteiger partial charge in [-0.15, -0.1) is 0 Å². The zero-order valence-corrected chi connectivity index (χ0v) is 7.90. The molecule has 0 spiro atoms. The average molecular weight is 205 g/mol. The van der Waals surface area contributed by atoms with Crippen molar-refractivity contribution in [2.75, 3.05) is 0 Å². The molecule has 1 aromatic rings. The van der Waals surface area contributed by atoms with Crippen molar-refractivity contribution in [3.05, 3.63) is 12.3 Å². The van der Waals surface area contributed by atoms with E-state index >= 15 is 0 Å². The Morgan fingerprint density at radius 3 is 2.77 bits per heavy atom. The minimum atomic E-state index is -3.73. The summed E-state index contributed by atoms with van der Waals surface area (Å²) in [5, 5.41) is 17.3. The molecule has 6 nitrogen and oxygen atoms in total. The molecule has 0 aliphatic heterocycles. The van der Waals surface area contributed by atoms with Gasteiger partial charge in [-0.25, -0.2) is 13.6 Å². The lowest BCUT2D eigenvalue weighted by molar-refractivity contribution is 0.168. The van der Waals surface area contributed by atoms with E-state index in [4.69, 9.17) is 10.2 Å². The van der Waals surface area contributed by atoms with E-state index in [-0.39, 0.29) is 11.6 Å². The molecule has 0 aliphatic rings. The molecule has 0 saturated heterocycles. The van der Waals surface area contributed by atoms with E-state index in [2.05, 4.69) is 5.10 Å². The monoisotopic (exact) mass is 205 g/mol. The number of rotatable bonds is 3. The fraction of sp³-hybridized carbons (Fsp3) is 0.500. The van der Waals surface area contributed by atoms with Crippen LogP contribution >= 0.6 is 0 Å². The second-order valence-corrected chi connectivity index (χ2v) is 4.28. The summed E-state index contributed by atoms with van der Waals surface area (Å²) in [4.78, 5) is 0. The van der Waals surface area contributed by atoms with Crippen LogP contribution in [0.2, 0.25) is 0 Å². The van der Waals surface area contributed by atoms with Gasteiger partial charge in [-0.05, 0) is 13.0 Å². The molecule has 0 fully saturated rings. The highest BCUT2D eigenvalue weighted by Crippen LogP contribution is 2.02. The quantitative estimate of drug-likeness (QED) is 0.655. The van der Waals surface area contributed by atoms with Gasteiger partial charge in [-0.2, -0.15) is 5.10 Å². The van der Waals surface area contributed by atoms with Crippen molar-refractivity contribution < 1.29 is 13.5 Å². The van der Waals surface area contributed by atoms with Crippen molar-refractivity contribution in [1.82, 2.24) is 9.78 Å². The van der Waals surface area contributed by atoms with Crippen LogP contribution < -0.4 is 5.14 Å². The number of aliphatic hydroxyl groups excluding tert-OH is 1. The molecular weight excluding hydrogens is 194 g/mol. The van der Waals surface area contributed by atoms with E-state index in [0.29, 0.717) is 0 Å². The van der Waals surface area contributed by atoms with Crippen LogP contribution in [0.5, 0.6) is 0 Å². The molecule has 0 amide bonds. The molecule has 0 bridgehead atoms. The fourth-order valence-corrected chi connectivity index (χ4v) is 1.34. The van der Waals surface area contributed by atoms with Gasteiger partial charge in [0.1, 0.15) is 0 Å². The van der Waals surface area contributed by atoms with Crippen LogP contribution in [0.3, 0.4) is 0 Å². The maximum Gasteiger partial charge on any atom is 0.257 e. The molecule has 0 radical (unpaired) electrons. The van der Waals surface area contributed by atoms with Gasteiger partial charge in [0.25, 0.3) is 10.0 Å². The van der Waals surface area contributed by atoms with Gasteiger partial charge < -0.3 is 5.11 Å². The zero-order valence-electron chi connectivity index (χ0n) is 7.08. The Labute approximate surface area is 76.0 Å². The van der Waals surface area contributed by atoms with Gasteiger partial charge in [-0.3, -0.25) is 4.68 Å². The number of hydrogen-bond donors (Lipinski definition) is 2. The molecule has 0 saturated carbocycles. The molecule has 1 aromatic heterocycles. The largest absolute Gasteiger partial charge is 0.391 e. The van der Waals surface area contributed by atoms with Gasteiger partial charge in [0.15, 0.2) is 5.03 Å². The lowest BCUT2D eigenvalue weighted by Crippen LogP contribution is -2.16. The van der Waals surface area contributed by atoms with Gasteiger partial charge in [0.2, 0.25) is 0 Å². The molecule has 1 unspecified atom stereocenters. The van der Waals surface area contributed by atoms with E-state index < -0.39 is 16.1 Å². The Kier molecular flexibility index (Phi) is 2.69. The predicted octanol–water partition coefficient (Wildman–Crippen LogP) is -1.09. The third-order valence-corrected chi connectivity index (χ3v) is 2.16. The van der Waals surface area contributed by atoms with Gasteiger partial charge >= 0.3 is 0 Å². The van der Waals surface area contributed by atoms with Crippen LogP contribution in [-0.4, -0.2) is 29.4 Å². The van der Waals surface area contributed by atoms with Crippen LogP contribution in [0.15, 0.2) is 17.3 Å². The Morgan fingerprint density at radius 2 is 2.38 bits per heavy atom. The molecule has 1 rings (SSSR count). The summed E-state index contributed by atoms with van der Waals surface area (Å²) < 4.78 is 22.9. The van der Waals surface area contributed by atoms with E-state index in [9.17, 15) is 8.42 Å². The zero-order chi connectivity index (χ0) is 10.1. The molecular formula is C6H11N3O3S. The van der Waals surface area contributed by atoms with Crippen LogP contribution in [-0.2, 0) is 16.6 Å². The summed E-state index contributed by atoms with van der Waals surface area (Å²) in [6.07, 6.45) is 0.875. The maximum absolute atomic E-state index is 10.8. The van der Waals surface area contributed by atoms with E-state index in [1.165, 1.54) is 16.9 Å². The topological polar surface area (TPSA) is 98.2 Å². The van der Waals surface area contributed by atoms with Crippen molar-refractivity contribution >= 4 is 10.0 Å². The standard InChI is InChI=1S/C6H11N3O3S/c1-5(10)4-9-3-2-6(8-9)13(7,11)12/h2-3,5,10H,4H2,1H3,(H2,7,11,12). The summed E-state index contributed by atoms with van der Waals surface area (Å²) in [5.74, 6) is 0. The van der Waals surface area contributed by atoms with Crippen molar-refractivity contribution in [2.24, 2.45) is 5.14 Å². The lowest BCUT2D eigenvalue weighted by atomic mass is 10.4. The fourth-order valence-electron chi connectivity index (χ4n) is 0.867. The van der Waals surface area contributed by atoms with Crippen LogP contribution in [0.4, 0.5) is 0 Å². The third-order valence-electron chi connectivity index (χ3n) is 1.36. The smallest absolute Gasteiger partial charge is 0.257 e. The van der Waals surface area contributed by atoms with Gasteiger partial charge in [0, 0.05) is 6.20 Å². The first-order chi connectivity index (χ1) is 5.89. The summed E-state index contributed by atoms with van der Waals surface area (Å²) in [6.45, 7) is 1.83. The molecule has 1 heterocycles. The van der Waals surface area contributed by atoms with Crippen LogP contribution in [0, 0.1) is 0 Å². The molecule has 1 atom stereocenters. The van der Waals surface area contributed by atoms with Crippen molar-refractivity contribution in [3.63, 3.8) is 0 Å². The molecule has 13 heavy (non-hydrogen) atoms. The Bertz CT molecular complexity index is 382. The van der Waals surface area contributed by atoms with Crippen molar-refractivity contribution in [2.45, 2.75) is 24.6 Å². The Balaban J connectivity index is 2.88. The highest BCUT2D eigenvalue weighted by atomic mass is 32.2. The van der Waals surface area contributed by atoms with E-state index in [0.717, 1.165) is 0 Å². The molecule has 7 heteroatoms. The second kappa shape index (κ2) is 3.44. The molecule has 0 aromatic carbocycles. The molecule has 74 valence electrons. The molecule has 3 N–H and O–H groups in total. The maximum atomic E-state index is 10.8. The number of aliphatic hydroxyl groups is 1. The first-order valence-corrected chi connectivity index (χ1v) is 5.18.